The first-order valence-electron chi connectivity index (χ1n) is 8.33. The molecule has 0 amide bonds. The average molecular weight is 396 g/mol. The number of aromatic nitrogens is 2. The molecule has 1 aliphatic carbocycles. The van der Waals surface area contributed by atoms with Crippen molar-refractivity contribution >= 4 is 5.78 Å². The summed E-state index contributed by atoms with van der Waals surface area (Å²) in [6.07, 6.45) is 1.68. The summed E-state index contributed by atoms with van der Waals surface area (Å²) < 4.78 is 75.6. The molecule has 0 fully saturated rings. The zero-order valence-corrected chi connectivity index (χ0v) is 14.7. The van der Waals surface area contributed by atoms with Gasteiger partial charge >= 0.3 is 0 Å². The zero-order chi connectivity index (χ0) is 20.4. The lowest BCUT2D eigenvalue weighted by molar-refractivity contribution is 0.0912. The summed E-state index contributed by atoms with van der Waals surface area (Å²) in [5, 5.41) is 4.06. The number of halogens is 5. The van der Waals surface area contributed by atoms with Crippen molar-refractivity contribution in [2.75, 3.05) is 0 Å². The predicted octanol–water partition coefficient (Wildman–Crippen LogP) is 4.98. The van der Waals surface area contributed by atoms with Crippen LogP contribution in [0.2, 0.25) is 0 Å². The Labute approximate surface area is 155 Å². The van der Waals surface area contributed by atoms with Crippen molar-refractivity contribution in [1.29, 1.82) is 0 Å². The molecule has 0 spiro atoms. The maximum atomic E-state index is 14.4. The van der Waals surface area contributed by atoms with E-state index < -0.39 is 40.2 Å². The van der Waals surface area contributed by atoms with Crippen LogP contribution in [0.4, 0.5) is 22.0 Å². The van der Waals surface area contributed by atoms with Gasteiger partial charge in [0.05, 0.1) is 17.5 Å². The second kappa shape index (κ2) is 6.02. The van der Waals surface area contributed by atoms with Crippen LogP contribution in [0.3, 0.4) is 0 Å². The van der Waals surface area contributed by atoms with Crippen LogP contribution in [-0.4, -0.2) is 15.6 Å². The fourth-order valence-corrected chi connectivity index (χ4v) is 3.50. The summed E-state index contributed by atoms with van der Waals surface area (Å²) in [5.41, 5.74) is -1.62. The van der Waals surface area contributed by atoms with E-state index >= 15 is 0 Å². The largest absolute Gasteiger partial charge is 0.463 e. The van der Waals surface area contributed by atoms with E-state index in [1.807, 2.05) is 13.8 Å². The number of benzene rings is 1. The Bertz CT molecular complexity index is 1090. The van der Waals surface area contributed by atoms with Crippen LogP contribution in [0.25, 0.3) is 17.1 Å². The third-order valence-corrected chi connectivity index (χ3v) is 4.67. The molecule has 3 aromatic rings. The number of furan rings is 1. The highest BCUT2D eigenvalue weighted by Gasteiger charge is 2.39. The minimum absolute atomic E-state index is 0.0192. The van der Waals surface area contributed by atoms with Crippen LogP contribution >= 0.6 is 0 Å². The molecule has 0 radical (unpaired) electrons. The third-order valence-electron chi connectivity index (χ3n) is 4.67. The molecular formula is C19H13F5N2O2. The van der Waals surface area contributed by atoms with E-state index in [1.165, 1.54) is 18.4 Å². The minimum atomic E-state index is -2.27. The Morgan fingerprint density at radius 3 is 2.18 bits per heavy atom. The van der Waals surface area contributed by atoms with E-state index in [0.717, 1.165) is 0 Å². The second-order valence-electron chi connectivity index (χ2n) is 7.42. The summed E-state index contributed by atoms with van der Waals surface area (Å²) in [4.78, 5) is 12.7. The molecule has 1 aromatic carbocycles. The summed E-state index contributed by atoms with van der Waals surface area (Å²) in [7, 11) is 0. The lowest BCUT2D eigenvalue weighted by atomic mass is 9.75. The first-order valence-corrected chi connectivity index (χ1v) is 8.33. The number of hydrogen-bond acceptors (Lipinski definition) is 3. The van der Waals surface area contributed by atoms with Gasteiger partial charge in [-0.25, -0.2) is 26.6 Å². The predicted molar refractivity (Wildman–Crippen MR) is 87.5 cm³/mol. The first-order chi connectivity index (χ1) is 13.1. The van der Waals surface area contributed by atoms with Gasteiger partial charge in [0.15, 0.2) is 34.8 Å². The Hall–Kier alpha value is -2.97. The molecule has 146 valence electrons. The van der Waals surface area contributed by atoms with Gasteiger partial charge in [-0.15, -0.1) is 0 Å². The number of fused-ring (bicyclic) bond motifs is 1. The van der Waals surface area contributed by atoms with Crippen molar-refractivity contribution in [3.63, 3.8) is 0 Å². The number of carbonyl (C=O) groups excluding carboxylic acids is 1. The minimum Gasteiger partial charge on any atom is -0.463 e. The van der Waals surface area contributed by atoms with Gasteiger partial charge in [0.25, 0.3) is 0 Å². The molecule has 9 heteroatoms. The van der Waals surface area contributed by atoms with Gasteiger partial charge in [-0.3, -0.25) is 4.79 Å². The van der Waals surface area contributed by atoms with E-state index in [2.05, 4.69) is 5.10 Å². The van der Waals surface area contributed by atoms with Crippen LogP contribution in [0.15, 0.2) is 22.8 Å². The standard InChI is InChI=1S/C19H13F5N2O2/c1-19(2)6-8-11(9(27)7-19)17(10-4-3-5-28-10)26(25-8)18-15(23)13(21)12(20)14(22)16(18)24/h3-5H,6-7H2,1-2H3. The van der Waals surface area contributed by atoms with E-state index in [1.54, 1.807) is 0 Å². The summed E-state index contributed by atoms with van der Waals surface area (Å²) in [6.45, 7) is 3.63. The summed E-state index contributed by atoms with van der Waals surface area (Å²) in [6, 6.07) is 2.88. The topological polar surface area (TPSA) is 48.0 Å². The van der Waals surface area contributed by atoms with Crippen LogP contribution in [0, 0.1) is 34.5 Å². The molecule has 0 bridgehead atoms. The Kier molecular flexibility index (Phi) is 3.95. The average Bonchev–Trinajstić information content (AvgIpc) is 3.25. The van der Waals surface area contributed by atoms with Crippen LogP contribution < -0.4 is 0 Å². The van der Waals surface area contributed by atoms with E-state index in [-0.39, 0.29) is 41.3 Å². The Balaban J connectivity index is 2.10. The lowest BCUT2D eigenvalue weighted by Crippen LogP contribution is -2.26. The molecule has 0 atom stereocenters. The molecule has 1 aliphatic rings. The number of Topliss-reactive ketones (excluding diaryl/α,β-unsaturated/α-hetero) is 1. The molecule has 2 heterocycles. The van der Waals surface area contributed by atoms with E-state index in [0.29, 0.717) is 4.68 Å². The van der Waals surface area contributed by atoms with Gasteiger partial charge in [-0.1, -0.05) is 13.8 Å². The van der Waals surface area contributed by atoms with Gasteiger partial charge in [-0.2, -0.15) is 5.10 Å². The number of ketones is 1. The highest BCUT2D eigenvalue weighted by molar-refractivity contribution is 6.03. The first kappa shape index (κ1) is 18.4. The molecule has 4 rings (SSSR count). The van der Waals surface area contributed by atoms with Gasteiger partial charge in [0.1, 0.15) is 11.4 Å². The third kappa shape index (κ3) is 2.56. The van der Waals surface area contributed by atoms with Crippen molar-refractivity contribution in [1.82, 2.24) is 9.78 Å². The van der Waals surface area contributed by atoms with Crippen molar-refractivity contribution in [3.05, 3.63) is 58.7 Å². The zero-order valence-electron chi connectivity index (χ0n) is 14.7. The molecule has 0 saturated heterocycles. The Morgan fingerprint density at radius 2 is 1.61 bits per heavy atom. The number of carbonyl (C=O) groups is 1. The monoisotopic (exact) mass is 396 g/mol. The number of nitrogens with zero attached hydrogens (tertiary/aromatic N) is 2. The van der Waals surface area contributed by atoms with E-state index in [9.17, 15) is 26.7 Å². The van der Waals surface area contributed by atoms with Gasteiger partial charge in [0, 0.05) is 6.42 Å². The van der Waals surface area contributed by atoms with Crippen molar-refractivity contribution in [3.8, 4) is 17.1 Å². The lowest BCUT2D eigenvalue weighted by Gasteiger charge is -2.27. The van der Waals surface area contributed by atoms with Crippen LogP contribution in [0.5, 0.6) is 0 Å². The molecular weight excluding hydrogens is 383 g/mol. The molecule has 4 nitrogen and oxygen atoms in total. The molecule has 28 heavy (non-hydrogen) atoms. The van der Waals surface area contributed by atoms with E-state index in [4.69, 9.17) is 4.42 Å². The van der Waals surface area contributed by atoms with Crippen molar-refractivity contribution < 1.29 is 31.2 Å². The smallest absolute Gasteiger partial charge is 0.200 e. The number of rotatable bonds is 2. The quantitative estimate of drug-likeness (QED) is 0.349. The molecule has 0 N–H and O–H groups in total. The summed E-state index contributed by atoms with van der Waals surface area (Å²) in [5.74, 6) is -10.9. The highest BCUT2D eigenvalue weighted by atomic mass is 19.2. The van der Waals surface area contributed by atoms with Crippen LogP contribution in [0.1, 0.15) is 36.3 Å². The molecule has 0 saturated carbocycles. The van der Waals surface area contributed by atoms with Crippen molar-refractivity contribution in [2.24, 2.45) is 5.41 Å². The summed E-state index contributed by atoms with van der Waals surface area (Å²) >= 11 is 0. The van der Waals surface area contributed by atoms with Gasteiger partial charge in [-0.05, 0) is 24.0 Å². The second-order valence-corrected chi connectivity index (χ2v) is 7.42. The normalized spacial score (nSPS) is 15.8. The fraction of sp³-hybridized carbons (Fsp3) is 0.263. The van der Waals surface area contributed by atoms with Gasteiger partial charge in [0.2, 0.25) is 5.82 Å². The van der Waals surface area contributed by atoms with Gasteiger partial charge < -0.3 is 4.42 Å². The maximum Gasteiger partial charge on any atom is 0.200 e. The molecule has 2 aromatic heterocycles. The SMILES string of the molecule is CC1(C)CC(=O)c2c(nn(-c3c(F)c(F)c(F)c(F)c3F)c2-c2ccco2)C1. The Morgan fingerprint density at radius 1 is 1.00 bits per heavy atom. The van der Waals surface area contributed by atoms with Crippen LogP contribution in [-0.2, 0) is 6.42 Å². The fourth-order valence-electron chi connectivity index (χ4n) is 3.50. The molecule has 0 aliphatic heterocycles. The molecule has 0 unspecified atom stereocenters. The van der Waals surface area contributed by atoms with Crippen molar-refractivity contribution in [2.45, 2.75) is 26.7 Å². The highest BCUT2D eigenvalue weighted by Crippen LogP contribution is 2.41. The maximum absolute atomic E-state index is 14.4. The number of hydrogen-bond donors (Lipinski definition) is 0.